The number of amides is 1. The number of aliphatic hydroxyl groups excluding tert-OH is 1. The summed E-state index contributed by atoms with van der Waals surface area (Å²) >= 11 is 0. The molecule has 1 saturated heterocycles. The fourth-order valence-electron chi connectivity index (χ4n) is 1.86. The molecule has 1 aliphatic rings. The molecule has 0 saturated carbocycles. The largest absolute Gasteiger partial charge is 0.393 e. The van der Waals surface area contributed by atoms with Crippen molar-refractivity contribution in [1.29, 1.82) is 0 Å². The molecule has 1 amide bonds. The van der Waals surface area contributed by atoms with E-state index in [1.165, 1.54) is 4.90 Å². The van der Waals surface area contributed by atoms with Gasteiger partial charge in [0.1, 0.15) is 6.54 Å². The standard InChI is InChI=1S/C9H15FN4O2/c10-3-1-7-6-14(4-2-8(7)15)9(16)5-12-13-11/h7-8,15H,1-6H2/t7-,8+/m0/s1. The van der Waals surface area contributed by atoms with Gasteiger partial charge >= 0.3 is 0 Å². The Labute approximate surface area is 92.7 Å². The summed E-state index contributed by atoms with van der Waals surface area (Å²) < 4.78 is 12.2. The SMILES string of the molecule is [N-]=[N+]=NCC(=O)N1CC[C@@H](O)[C@@H](CCF)C1. The molecule has 0 bridgehead atoms. The van der Waals surface area contributed by atoms with Crippen molar-refractivity contribution in [2.75, 3.05) is 26.3 Å². The molecule has 2 atom stereocenters. The van der Waals surface area contributed by atoms with E-state index in [1.807, 2.05) is 0 Å². The van der Waals surface area contributed by atoms with Crippen LogP contribution in [0.15, 0.2) is 5.11 Å². The number of hydrogen-bond donors (Lipinski definition) is 1. The van der Waals surface area contributed by atoms with E-state index >= 15 is 0 Å². The number of likely N-dealkylation sites (tertiary alicyclic amines) is 1. The molecule has 1 heterocycles. The van der Waals surface area contributed by atoms with Crippen LogP contribution in [-0.4, -0.2) is 48.3 Å². The Morgan fingerprint density at radius 2 is 2.44 bits per heavy atom. The van der Waals surface area contributed by atoms with E-state index < -0.39 is 12.8 Å². The molecule has 1 N–H and O–H groups in total. The van der Waals surface area contributed by atoms with Gasteiger partial charge in [-0.15, -0.1) is 0 Å². The van der Waals surface area contributed by atoms with E-state index in [4.69, 9.17) is 5.53 Å². The van der Waals surface area contributed by atoms with Crippen LogP contribution in [0.3, 0.4) is 0 Å². The van der Waals surface area contributed by atoms with Crippen LogP contribution >= 0.6 is 0 Å². The van der Waals surface area contributed by atoms with Gasteiger partial charge in [0.15, 0.2) is 0 Å². The van der Waals surface area contributed by atoms with Crippen molar-refractivity contribution in [3.8, 4) is 0 Å². The van der Waals surface area contributed by atoms with E-state index in [-0.39, 0.29) is 24.8 Å². The summed E-state index contributed by atoms with van der Waals surface area (Å²) in [4.78, 5) is 15.5. The van der Waals surface area contributed by atoms with Crippen LogP contribution in [0, 0.1) is 5.92 Å². The van der Waals surface area contributed by atoms with Crippen molar-refractivity contribution in [3.63, 3.8) is 0 Å². The van der Waals surface area contributed by atoms with Gasteiger partial charge in [0.2, 0.25) is 5.91 Å². The third-order valence-corrected chi connectivity index (χ3v) is 2.80. The fraction of sp³-hybridized carbons (Fsp3) is 0.889. The van der Waals surface area contributed by atoms with Gasteiger partial charge in [0, 0.05) is 23.9 Å². The van der Waals surface area contributed by atoms with Gasteiger partial charge in [-0.3, -0.25) is 9.18 Å². The molecule has 0 aromatic heterocycles. The minimum absolute atomic E-state index is 0.213. The Hall–Kier alpha value is -1.33. The van der Waals surface area contributed by atoms with Gasteiger partial charge in [0.25, 0.3) is 0 Å². The molecule has 1 aliphatic heterocycles. The molecule has 1 rings (SSSR count). The lowest BCUT2D eigenvalue weighted by Crippen LogP contribution is -2.46. The van der Waals surface area contributed by atoms with Gasteiger partial charge in [0.05, 0.1) is 12.8 Å². The molecule has 0 aromatic rings. The van der Waals surface area contributed by atoms with Crippen LogP contribution in [0.25, 0.3) is 10.4 Å². The minimum atomic E-state index is -0.542. The van der Waals surface area contributed by atoms with Crippen molar-refractivity contribution in [2.45, 2.75) is 18.9 Å². The third kappa shape index (κ3) is 3.36. The maximum absolute atomic E-state index is 12.2. The Morgan fingerprint density at radius 1 is 1.69 bits per heavy atom. The second-order valence-electron chi connectivity index (χ2n) is 3.82. The number of piperidine rings is 1. The molecular weight excluding hydrogens is 215 g/mol. The summed E-state index contributed by atoms with van der Waals surface area (Å²) in [5.74, 6) is -0.484. The van der Waals surface area contributed by atoms with Crippen molar-refractivity contribution in [1.82, 2.24) is 4.90 Å². The smallest absolute Gasteiger partial charge is 0.228 e. The number of carbonyl (C=O) groups is 1. The fourth-order valence-corrected chi connectivity index (χ4v) is 1.86. The summed E-state index contributed by atoms with van der Waals surface area (Å²) in [6.45, 7) is 0.0592. The number of aliphatic hydroxyl groups is 1. The van der Waals surface area contributed by atoms with Crippen molar-refractivity contribution in [3.05, 3.63) is 10.4 Å². The highest BCUT2D eigenvalue weighted by Gasteiger charge is 2.29. The summed E-state index contributed by atoms with van der Waals surface area (Å²) in [5, 5.41) is 12.8. The average Bonchev–Trinajstić information content (AvgIpc) is 2.29. The number of hydrogen-bond acceptors (Lipinski definition) is 3. The Morgan fingerprint density at radius 3 is 3.06 bits per heavy atom. The molecule has 0 unspecified atom stereocenters. The molecule has 90 valence electrons. The van der Waals surface area contributed by atoms with Crippen LogP contribution in [0.5, 0.6) is 0 Å². The number of rotatable bonds is 4. The maximum Gasteiger partial charge on any atom is 0.228 e. The Balaban J connectivity index is 2.50. The number of carbonyl (C=O) groups excluding carboxylic acids is 1. The summed E-state index contributed by atoms with van der Waals surface area (Å²) in [6.07, 6.45) is 0.165. The first kappa shape index (κ1) is 12.7. The molecule has 1 fully saturated rings. The zero-order valence-electron chi connectivity index (χ0n) is 8.92. The lowest BCUT2D eigenvalue weighted by atomic mass is 9.92. The minimum Gasteiger partial charge on any atom is -0.393 e. The van der Waals surface area contributed by atoms with E-state index in [9.17, 15) is 14.3 Å². The first-order chi connectivity index (χ1) is 7.69. The molecule has 6 nitrogen and oxygen atoms in total. The molecule has 7 heteroatoms. The lowest BCUT2D eigenvalue weighted by Gasteiger charge is -2.35. The molecule has 16 heavy (non-hydrogen) atoms. The van der Waals surface area contributed by atoms with Crippen LogP contribution in [0.2, 0.25) is 0 Å². The highest BCUT2D eigenvalue weighted by atomic mass is 19.1. The zero-order valence-corrected chi connectivity index (χ0v) is 8.92. The van der Waals surface area contributed by atoms with E-state index in [1.54, 1.807) is 0 Å². The second-order valence-corrected chi connectivity index (χ2v) is 3.82. The molecule has 0 radical (unpaired) electrons. The van der Waals surface area contributed by atoms with Gasteiger partial charge in [-0.05, 0) is 18.4 Å². The highest BCUT2D eigenvalue weighted by Crippen LogP contribution is 2.20. The lowest BCUT2D eigenvalue weighted by molar-refractivity contribution is -0.133. The Kier molecular flexibility index (Phi) is 5.01. The topological polar surface area (TPSA) is 89.3 Å². The first-order valence-corrected chi connectivity index (χ1v) is 5.21. The van der Waals surface area contributed by atoms with E-state index in [0.717, 1.165) is 0 Å². The van der Waals surface area contributed by atoms with Crippen LogP contribution in [0.4, 0.5) is 4.39 Å². The quantitative estimate of drug-likeness (QED) is 0.441. The number of nitrogens with zero attached hydrogens (tertiary/aromatic N) is 4. The van der Waals surface area contributed by atoms with Gasteiger partial charge < -0.3 is 10.0 Å². The van der Waals surface area contributed by atoms with E-state index in [0.29, 0.717) is 19.5 Å². The molecule has 0 spiro atoms. The number of azide groups is 1. The number of halogens is 1. The summed E-state index contributed by atoms with van der Waals surface area (Å²) in [7, 11) is 0. The number of alkyl halides is 1. The van der Waals surface area contributed by atoms with Crippen molar-refractivity contribution >= 4 is 5.91 Å². The average molecular weight is 230 g/mol. The summed E-state index contributed by atoms with van der Waals surface area (Å²) in [5.41, 5.74) is 8.09. The maximum atomic E-state index is 12.2. The van der Waals surface area contributed by atoms with Crippen LogP contribution in [-0.2, 0) is 4.79 Å². The first-order valence-electron chi connectivity index (χ1n) is 5.21. The predicted octanol–water partition coefficient (Wildman–Crippen LogP) is 0.866. The van der Waals surface area contributed by atoms with Gasteiger partial charge in [-0.1, -0.05) is 5.11 Å². The summed E-state index contributed by atoms with van der Waals surface area (Å²) in [6, 6.07) is 0. The third-order valence-electron chi connectivity index (χ3n) is 2.80. The molecule has 0 aromatic carbocycles. The normalized spacial score (nSPS) is 25.0. The second kappa shape index (κ2) is 6.30. The highest BCUT2D eigenvalue weighted by molar-refractivity contribution is 5.78. The Bertz CT molecular complexity index is 293. The van der Waals surface area contributed by atoms with Crippen molar-refractivity contribution in [2.24, 2.45) is 11.0 Å². The van der Waals surface area contributed by atoms with Crippen LogP contribution in [0.1, 0.15) is 12.8 Å². The van der Waals surface area contributed by atoms with Gasteiger partial charge in [-0.2, -0.15) is 0 Å². The molecular formula is C9H15FN4O2. The van der Waals surface area contributed by atoms with Crippen molar-refractivity contribution < 1.29 is 14.3 Å². The van der Waals surface area contributed by atoms with Crippen LogP contribution < -0.4 is 0 Å². The zero-order chi connectivity index (χ0) is 12.0. The van der Waals surface area contributed by atoms with E-state index in [2.05, 4.69) is 10.0 Å². The predicted molar refractivity (Wildman–Crippen MR) is 55.3 cm³/mol. The monoisotopic (exact) mass is 230 g/mol. The molecule has 0 aliphatic carbocycles. The van der Waals surface area contributed by atoms with Gasteiger partial charge in [-0.25, -0.2) is 0 Å².